The van der Waals surface area contributed by atoms with Crippen molar-refractivity contribution in [3.8, 4) is 0 Å². The minimum atomic E-state index is -0.421. The molecule has 0 unspecified atom stereocenters. The molecular formula is C21H31N6O2+. The summed E-state index contributed by atoms with van der Waals surface area (Å²) >= 11 is 0. The van der Waals surface area contributed by atoms with Crippen LogP contribution in [-0.4, -0.2) is 28.5 Å². The molecule has 0 saturated heterocycles. The van der Waals surface area contributed by atoms with Gasteiger partial charge >= 0.3 is 0 Å². The van der Waals surface area contributed by atoms with Gasteiger partial charge in [-0.15, -0.1) is 0 Å². The second-order valence-electron chi connectivity index (χ2n) is 7.65. The van der Waals surface area contributed by atoms with Crippen molar-refractivity contribution in [1.29, 1.82) is 0 Å². The SMILES string of the molecule is CCCCCCCC[n+]1cccc(C(=O)N2c3c(nc(N)[nH]c3=O)NC[C@@H]2C)c1. The summed E-state index contributed by atoms with van der Waals surface area (Å²) in [5.74, 6) is 0.155. The van der Waals surface area contributed by atoms with Gasteiger partial charge in [0.15, 0.2) is 23.9 Å². The third-order valence-corrected chi connectivity index (χ3v) is 5.25. The molecule has 0 saturated carbocycles. The van der Waals surface area contributed by atoms with Gasteiger partial charge in [-0.25, -0.2) is 4.57 Å². The third-order valence-electron chi connectivity index (χ3n) is 5.25. The molecule has 156 valence electrons. The standard InChI is InChI=1S/C21H30N6O2/c1-3-4-5-6-7-8-11-26-12-9-10-16(14-26)20(29)27-15(2)13-23-18-17(27)19(28)25-21(22)24-18/h9-10,12,14-15H,3-8,11,13H2,1-2H3,(H3-,22,23,24,25,28)/p+1/t15-/m0/s1. The molecule has 0 aromatic carbocycles. The summed E-state index contributed by atoms with van der Waals surface area (Å²) in [6.07, 6.45) is 11.2. The van der Waals surface area contributed by atoms with E-state index in [1.54, 1.807) is 6.07 Å². The highest BCUT2D eigenvalue weighted by Crippen LogP contribution is 2.27. The Kier molecular flexibility index (Phi) is 6.85. The van der Waals surface area contributed by atoms with Crippen molar-refractivity contribution < 1.29 is 9.36 Å². The van der Waals surface area contributed by atoms with E-state index >= 15 is 0 Å². The molecule has 1 amide bonds. The number of rotatable bonds is 8. The van der Waals surface area contributed by atoms with Crippen LogP contribution < -0.4 is 26.1 Å². The number of pyridine rings is 1. The number of aryl methyl sites for hydroxylation is 1. The lowest BCUT2D eigenvalue weighted by Crippen LogP contribution is -2.49. The monoisotopic (exact) mass is 399 g/mol. The second-order valence-corrected chi connectivity index (χ2v) is 7.65. The van der Waals surface area contributed by atoms with Gasteiger partial charge in [-0.2, -0.15) is 4.98 Å². The Hall–Kier alpha value is -2.90. The molecule has 3 rings (SSSR count). The van der Waals surface area contributed by atoms with Crippen LogP contribution in [0, 0.1) is 0 Å². The number of H-pyrrole nitrogens is 1. The van der Waals surface area contributed by atoms with E-state index in [2.05, 4.69) is 22.2 Å². The lowest BCUT2D eigenvalue weighted by Gasteiger charge is -2.34. The molecule has 1 atom stereocenters. The summed E-state index contributed by atoms with van der Waals surface area (Å²) in [5.41, 5.74) is 5.99. The van der Waals surface area contributed by atoms with Crippen molar-refractivity contribution in [2.45, 2.75) is 65.0 Å². The minimum absolute atomic E-state index is 0.0275. The van der Waals surface area contributed by atoms with E-state index in [0.717, 1.165) is 13.0 Å². The summed E-state index contributed by atoms with van der Waals surface area (Å²) in [5, 5.41) is 3.08. The summed E-state index contributed by atoms with van der Waals surface area (Å²) in [6.45, 7) is 5.49. The fourth-order valence-electron chi connectivity index (χ4n) is 3.69. The third kappa shape index (κ3) is 4.93. The van der Waals surface area contributed by atoms with E-state index in [-0.39, 0.29) is 23.6 Å². The van der Waals surface area contributed by atoms with E-state index in [4.69, 9.17) is 5.73 Å². The molecule has 0 aliphatic carbocycles. The smallest absolute Gasteiger partial charge is 0.278 e. The molecule has 1 aliphatic heterocycles. The number of hydrogen-bond acceptors (Lipinski definition) is 5. The zero-order valence-electron chi connectivity index (χ0n) is 17.3. The molecule has 0 spiro atoms. The molecule has 8 nitrogen and oxygen atoms in total. The largest absolute Gasteiger partial charge is 0.369 e. The van der Waals surface area contributed by atoms with Crippen molar-refractivity contribution >= 4 is 23.4 Å². The van der Waals surface area contributed by atoms with Gasteiger partial charge in [0.05, 0.1) is 6.04 Å². The van der Waals surface area contributed by atoms with E-state index in [1.807, 2.05) is 30.0 Å². The van der Waals surface area contributed by atoms with Crippen molar-refractivity contribution in [2.24, 2.45) is 0 Å². The first kappa shape index (κ1) is 20.8. The van der Waals surface area contributed by atoms with E-state index < -0.39 is 5.56 Å². The number of nitrogens with one attached hydrogen (secondary N) is 2. The minimum Gasteiger partial charge on any atom is -0.369 e. The van der Waals surface area contributed by atoms with Crippen molar-refractivity contribution in [3.63, 3.8) is 0 Å². The van der Waals surface area contributed by atoms with Gasteiger partial charge in [0.1, 0.15) is 12.1 Å². The number of aromatic nitrogens is 3. The number of hydrogen-bond donors (Lipinski definition) is 3. The molecule has 3 heterocycles. The fraction of sp³-hybridized carbons (Fsp3) is 0.524. The number of carbonyl (C=O) groups is 1. The van der Waals surface area contributed by atoms with Gasteiger partial charge in [-0.05, 0) is 19.4 Å². The summed E-state index contributed by atoms with van der Waals surface area (Å²) < 4.78 is 2.05. The number of fused-ring (bicyclic) bond motifs is 1. The molecule has 0 radical (unpaired) electrons. The van der Waals surface area contributed by atoms with Crippen LogP contribution in [0.15, 0.2) is 29.3 Å². The van der Waals surface area contributed by atoms with E-state index in [9.17, 15) is 9.59 Å². The predicted molar refractivity (Wildman–Crippen MR) is 114 cm³/mol. The maximum absolute atomic E-state index is 13.3. The van der Waals surface area contributed by atoms with Crippen LogP contribution in [0.5, 0.6) is 0 Å². The average Bonchev–Trinajstić information content (AvgIpc) is 2.70. The first-order valence-electron chi connectivity index (χ1n) is 10.5. The Morgan fingerprint density at radius 3 is 2.86 bits per heavy atom. The average molecular weight is 400 g/mol. The molecular weight excluding hydrogens is 368 g/mol. The number of nitrogens with two attached hydrogens (primary N) is 1. The first-order chi connectivity index (χ1) is 14.0. The van der Waals surface area contributed by atoms with Gasteiger partial charge < -0.3 is 11.1 Å². The zero-order valence-corrected chi connectivity index (χ0v) is 17.3. The Balaban J connectivity index is 1.75. The van der Waals surface area contributed by atoms with Crippen molar-refractivity contribution in [2.75, 3.05) is 22.5 Å². The predicted octanol–water partition coefficient (Wildman–Crippen LogP) is 2.46. The first-order valence-corrected chi connectivity index (χ1v) is 10.5. The number of carbonyl (C=O) groups excluding carboxylic acids is 1. The quantitative estimate of drug-likeness (QED) is 0.467. The van der Waals surface area contributed by atoms with Crippen LogP contribution in [0.3, 0.4) is 0 Å². The molecule has 8 heteroatoms. The Labute approximate surface area is 171 Å². The van der Waals surface area contributed by atoms with Gasteiger partial charge in [0.25, 0.3) is 11.5 Å². The number of nitrogen functional groups attached to an aromatic ring is 1. The molecule has 1 aliphatic rings. The zero-order chi connectivity index (χ0) is 20.8. The van der Waals surface area contributed by atoms with Crippen molar-refractivity contribution in [1.82, 2.24) is 9.97 Å². The molecule has 0 bridgehead atoms. The number of unbranched alkanes of at least 4 members (excludes halogenated alkanes) is 5. The Morgan fingerprint density at radius 1 is 1.31 bits per heavy atom. The highest BCUT2D eigenvalue weighted by Gasteiger charge is 2.33. The van der Waals surface area contributed by atoms with E-state index in [0.29, 0.717) is 17.9 Å². The highest BCUT2D eigenvalue weighted by atomic mass is 16.2. The van der Waals surface area contributed by atoms with Crippen LogP contribution >= 0.6 is 0 Å². The normalized spacial score (nSPS) is 15.7. The highest BCUT2D eigenvalue weighted by molar-refractivity contribution is 6.08. The summed E-state index contributed by atoms with van der Waals surface area (Å²) in [6, 6.07) is 3.48. The maximum atomic E-state index is 13.3. The van der Waals surface area contributed by atoms with Gasteiger partial charge in [-0.1, -0.05) is 32.6 Å². The number of anilines is 3. The lowest BCUT2D eigenvalue weighted by molar-refractivity contribution is -0.697. The Bertz CT molecular complexity index is 910. The molecule has 2 aromatic rings. The number of nitrogens with zero attached hydrogens (tertiary/aromatic N) is 3. The maximum Gasteiger partial charge on any atom is 0.278 e. The van der Waals surface area contributed by atoms with Crippen LogP contribution in [0.25, 0.3) is 0 Å². The topological polar surface area (TPSA) is 108 Å². The summed E-state index contributed by atoms with van der Waals surface area (Å²) in [4.78, 5) is 33.9. The van der Waals surface area contributed by atoms with Gasteiger partial charge in [-0.3, -0.25) is 19.5 Å². The summed E-state index contributed by atoms with van der Waals surface area (Å²) in [7, 11) is 0. The Morgan fingerprint density at radius 2 is 2.07 bits per heavy atom. The van der Waals surface area contributed by atoms with Crippen LogP contribution in [-0.2, 0) is 6.54 Å². The number of amides is 1. The fourth-order valence-corrected chi connectivity index (χ4v) is 3.69. The molecule has 0 fully saturated rings. The second kappa shape index (κ2) is 9.54. The van der Waals surface area contributed by atoms with Crippen LogP contribution in [0.1, 0.15) is 62.7 Å². The van der Waals surface area contributed by atoms with Crippen molar-refractivity contribution in [3.05, 3.63) is 40.4 Å². The van der Waals surface area contributed by atoms with Crippen LogP contribution in [0.2, 0.25) is 0 Å². The van der Waals surface area contributed by atoms with Crippen LogP contribution in [0.4, 0.5) is 17.5 Å². The van der Waals surface area contributed by atoms with Gasteiger partial charge in [0, 0.05) is 19.0 Å². The molecule has 4 N–H and O–H groups in total. The number of aromatic amines is 1. The van der Waals surface area contributed by atoms with Gasteiger partial charge in [0.2, 0.25) is 5.95 Å². The van der Waals surface area contributed by atoms with E-state index in [1.165, 1.54) is 37.0 Å². The molecule has 2 aromatic heterocycles. The molecule has 29 heavy (non-hydrogen) atoms. The lowest BCUT2D eigenvalue weighted by atomic mass is 10.1.